The van der Waals surface area contributed by atoms with Gasteiger partial charge in [-0.25, -0.2) is 4.98 Å². The predicted octanol–water partition coefficient (Wildman–Crippen LogP) is 3.64. The van der Waals surface area contributed by atoms with Crippen LogP contribution in [0.5, 0.6) is 0 Å². The lowest BCUT2D eigenvalue weighted by Gasteiger charge is -2.06. The quantitative estimate of drug-likeness (QED) is 0.809. The number of hydrogen-bond donors (Lipinski definition) is 2. The summed E-state index contributed by atoms with van der Waals surface area (Å²) in [6.07, 6.45) is 4.46. The molecule has 3 rings (SSSR count). The molecule has 2 aromatic rings. The first-order valence-electron chi connectivity index (χ1n) is 8.33. The van der Waals surface area contributed by atoms with E-state index in [2.05, 4.69) is 15.6 Å². The summed E-state index contributed by atoms with van der Waals surface area (Å²) in [6, 6.07) is 7.64. The lowest BCUT2D eigenvalue weighted by atomic mass is 10.0. The molecule has 0 radical (unpaired) electrons. The van der Waals surface area contributed by atoms with E-state index in [0.29, 0.717) is 5.13 Å². The van der Waals surface area contributed by atoms with Crippen molar-refractivity contribution in [2.24, 2.45) is 0 Å². The number of amides is 2. The van der Waals surface area contributed by atoms with Crippen LogP contribution in [0.1, 0.15) is 29.0 Å². The number of hydrogen-bond acceptors (Lipinski definition) is 5. The molecule has 1 aromatic heterocycles. The molecule has 1 aliphatic carbocycles. The number of benzene rings is 1. The van der Waals surface area contributed by atoms with Crippen molar-refractivity contribution in [1.29, 1.82) is 0 Å². The highest BCUT2D eigenvalue weighted by Gasteiger charge is 2.16. The van der Waals surface area contributed by atoms with Crippen LogP contribution in [0.15, 0.2) is 24.3 Å². The van der Waals surface area contributed by atoms with Crippen molar-refractivity contribution in [1.82, 2.24) is 4.98 Å². The van der Waals surface area contributed by atoms with E-state index >= 15 is 0 Å². The lowest BCUT2D eigenvalue weighted by molar-refractivity contribution is -0.114. The van der Waals surface area contributed by atoms with E-state index in [4.69, 9.17) is 0 Å². The molecular formula is C18H21N3O2S2. The van der Waals surface area contributed by atoms with Gasteiger partial charge in [-0.2, -0.15) is 0 Å². The minimum atomic E-state index is -0.112. The van der Waals surface area contributed by atoms with Crippen LogP contribution in [0.3, 0.4) is 0 Å². The molecule has 2 amide bonds. The Kier molecular flexibility index (Phi) is 6.09. The second-order valence-corrected chi connectivity index (χ2v) is 8.12. The average molecular weight is 376 g/mol. The summed E-state index contributed by atoms with van der Waals surface area (Å²) in [5.41, 5.74) is 3.05. The highest BCUT2D eigenvalue weighted by Crippen LogP contribution is 2.29. The minimum Gasteiger partial charge on any atom is -0.325 e. The van der Waals surface area contributed by atoms with Crippen LogP contribution in [0.25, 0.3) is 0 Å². The number of thiazole rings is 1. The van der Waals surface area contributed by atoms with Crippen molar-refractivity contribution in [2.75, 3.05) is 22.1 Å². The van der Waals surface area contributed by atoms with E-state index in [-0.39, 0.29) is 23.3 Å². The van der Waals surface area contributed by atoms with Crippen molar-refractivity contribution >= 4 is 45.7 Å². The molecule has 0 bridgehead atoms. The third-order valence-corrected chi connectivity index (χ3v) is 5.90. The Balaban J connectivity index is 1.39. The summed E-state index contributed by atoms with van der Waals surface area (Å²) >= 11 is 2.87. The van der Waals surface area contributed by atoms with Gasteiger partial charge >= 0.3 is 0 Å². The van der Waals surface area contributed by atoms with Gasteiger partial charge in [-0.1, -0.05) is 17.7 Å². The smallest absolute Gasteiger partial charge is 0.236 e. The average Bonchev–Trinajstić information content (AvgIpc) is 2.99. The fourth-order valence-corrected chi connectivity index (χ4v) is 4.31. The highest BCUT2D eigenvalue weighted by molar-refractivity contribution is 8.00. The molecule has 0 aliphatic heterocycles. The molecule has 1 heterocycles. The molecule has 7 heteroatoms. The predicted molar refractivity (Wildman–Crippen MR) is 105 cm³/mol. The monoisotopic (exact) mass is 375 g/mol. The zero-order valence-corrected chi connectivity index (χ0v) is 15.8. The topological polar surface area (TPSA) is 71.1 Å². The summed E-state index contributed by atoms with van der Waals surface area (Å²) in [7, 11) is 0. The van der Waals surface area contributed by atoms with E-state index in [1.807, 2.05) is 31.2 Å². The van der Waals surface area contributed by atoms with Crippen molar-refractivity contribution < 1.29 is 9.59 Å². The molecule has 1 aliphatic rings. The molecule has 0 saturated heterocycles. The van der Waals surface area contributed by atoms with Gasteiger partial charge in [0.25, 0.3) is 0 Å². The molecule has 1 aromatic carbocycles. The maximum atomic E-state index is 12.0. The zero-order chi connectivity index (χ0) is 17.6. The number of fused-ring (bicyclic) bond motifs is 1. The van der Waals surface area contributed by atoms with E-state index in [1.54, 1.807) is 11.3 Å². The van der Waals surface area contributed by atoms with E-state index in [0.717, 1.165) is 29.8 Å². The van der Waals surface area contributed by atoms with Crippen molar-refractivity contribution in [3.05, 3.63) is 40.4 Å². The molecule has 0 atom stereocenters. The molecular weight excluding hydrogens is 354 g/mol. The second-order valence-electron chi connectivity index (χ2n) is 6.05. The summed E-state index contributed by atoms with van der Waals surface area (Å²) in [5, 5.41) is 6.35. The molecule has 132 valence electrons. The van der Waals surface area contributed by atoms with Crippen LogP contribution in [0, 0.1) is 6.92 Å². The number of thioether (sulfide) groups is 1. The first kappa shape index (κ1) is 17.9. The molecule has 25 heavy (non-hydrogen) atoms. The van der Waals surface area contributed by atoms with Gasteiger partial charge in [-0.15, -0.1) is 23.1 Å². The molecule has 0 saturated carbocycles. The molecule has 2 N–H and O–H groups in total. The molecule has 5 nitrogen and oxygen atoms in total. The Morgan fingerprint density at radius 1 is 1.08 bits per heavy atom. The number of carbonyl (C=O) groups excluding carboxylic acids is 2. The van der Waals surface area contributed by atoms with E-state index in [9.17, 15) is 9.59 Å². The number of anilines is 2. The van der Waals surface area contributed by atoms with Gasteiger partial charge in [0, 0.05) is 10.6 Å². The number of aromatic nitrogens is 1. The largest absolute Gasteiger partial charge is 0.325 e. The third kappa shape index (κ3) is 5.31. The van der Waals surface area contributed by atoms with Crippen molar-refractivity contribution in [2.45, 2.75) is 32.6 Å². The van der Waals surface area contributed by atoms with Crippen molar-refractivity contribution in [3.8, 4) is 0 Å². The number of nitrogens with one attached hydrogen (secondary N) is 2. The van der Waals surface area contributed by atoms with Crippen LogP contribution in [0.4, 0.5) is 10.8 Å². The van der Waals surface area contributed by atoms with Gasteiger partial charge in [-0.3, -0.25) is 9.59 Å². The van der Waals surface area contributed by atoms with Gasteiger partial charge in [0.15, 0.2) is 5.13 Å². The molecule has 0 fully saturated rings. The lowest BCUT2D eigenvalue weighted by Crippen LogP contribution is -2.18. The van der Waals surface area contributed by atoms with Gasteiger partial charge in [0.1, 0.15) is 0 Å². The summed E-state index contributed by atoms with van der Waals surface area (Å²) in [4.78, 5) is 29.7. The Hall–Kier alpha value is -1.86. The summed E-state index contributed by atoms with van der Waals surface area (Å²) < 4.78 is 0. The Bertz CT molecular complexity index is 733. The normalized spacial score (nSPS) is 13.2. The number of nitrogens with zero attached hydrogens (tertiary/aromatic N) is 1. The maximum Gasteiger partial charge on any atom is 0.236 e. The van der Waals surface area contributed by atoms with Gasteiger partial charge < -0.3 is 10.6 Å². The van der Waals surface area contributed by atoms with Crippen LogP contribution in [-0.4, -0.2) is 28.3 Å². The fourth-order valence-electron chi connectivity index (χ4n) is 2.63. The Morgan fingerprint density at radius 3 is 2.48 bits per heavy atom. The third-order valence-electron chi connectivity index (χ3n) is 3.89. The molecule has 0 spiro atoms. The Morgan fingerprint density at radius 2 is 1.76 bits per heavy atom. The number of rotatable bonds is 6. The van der Waals surface area contributed by atoms with Gasteiger partial charge in [0.05, 0.1) is 17.2 Å². The van der Waals surface area contributed by atoms with Crippen LogP contribution in [0.2, 0.25) is 0 Å². The molecule has 0 unspecified atom stereocenters. The zero-order valence-electron chi connectivity index (χ0n) is 14.1. The van der Waals surface area contributed by atoms with Gasteiger partial charge in [-0.05, 0) is 44.7 Å². The van der Waals surface area contributed by atoms with E-state index < -0.39 is 0 Å². The van der Waals surface area contributed by atoms with Crippen molar-refractivity contribution in [3.63, 3.8) is 0 Å². The number of aryl methyl sites for hydroxylation is 3. The van der Waals surface area contributed by atoms with Crippen LogP contribution < -0.4 is 10.6 Å². The second kappa shape index (κ2) is 8.49. The maximum absolute atomic E-state index is 12.0. The first-order chi connectivity index (χ1) is 12.1. The van der Waals surface area contributed by atoms with E-state index in [1.165, 1.54) is 29.5 Å². The SMILES string of the molecule is Cc1ccc(NC(=O)CSCC(=O)Nc2nc3c(s2)CCCC3)cc1. The first-order valence-corrected chi connectivity index (χ1v) is 10.3. The Labute approximate surface area is 155 Å². The van der Waals surface area contributed by atoms with Crippen LogP contribution >= 0.6 is 23.1 Å². The summed E-state index contributed by atoms with van der Waals surface area (Å²) in [5.74, 6) is 0.270. The van der Waals surface area contributed by atoms with Crippen LogP contribution in [-0.2, 0) is 22.4 Å². The van der Waals surface area contributed by atoms with Gasteiger partial charge in [0.2, 0.25) is 11.8 Å². The summed E-state index contributed by atoms with van der Waals surface area (Å²) in [6.45, 7) is 2.00. The highest BCUT2D eigenvalue weighted by atomic mass is 32.2. The number of carbonyl (C=O) groups is 2. The fraction of sp³-hybridized carbons (Fsp3) is 0.389. The minimum absolute atomic E-state index is 0.105. The standard InChI is InChI=1S/C18H21N3O2S2/c1-12-6-8-13(9-7-12)19-16(22)10-24-11-17(23)21-18-20-14-4-2-3-5-15(14)25-18/h6-9H,2-5,10-11H2,1H3,(H,19,22)(H,20,21,23).